The fourth-order valence-electron chi connectivity index (χ4n) is 3.72. The van der Waals surface area contributed by atoms with Crippen LogP contribution in [0, 0.1) is 6.92 Å². The van der Waals surface area contributed by atoms with Crippen LogP contribution in [0.25, 0.3) is 17.1 Å². The number of amides is 1. The summed E-state index contributed by atoms with van der Waals surface area (Å²) < 4.78 is 11.5. The van der Waals surface area contributed by atoms with E-state index in [1.165, 1.54) is 6.08 Å². The van der Waals surface area contributed by atoms with Gasteiger partial charge in [-0.1, -0.05) is 12.1 Å². The number of imidazole rings is 1. The van der Waals surface area contributed by atoms with Crippen LogP contribution in [0.1, 0.15) is 41.0 Å². The minimum Gasteiger partial charge on any atom is -0.487 e. The summed E-state index contributed by atoms with van der Waals surface area (Å²) in [5.74, 6) is 1.41. The highest BCUT2D eigenvalue weighted by molar-refractivity contribution is 7.09. The zero-order chi connectivity index (χ0) is 22.6. The third kappa shape index (κ3) is 5.30. The molecule has 4 aromatic rings. The average molecular weight is 461 g/mol. The van der Waals surface area contributed by atoms with Gasteiger partial charge in [0.05, 0.1) is 21.7 Å². The molecule has 2 aromatic carbocycles. The smallest absolute Gasteiger partial charge is 0.248 e. The Morgan fingerprint density at radius 2 is 2.15 bits per heavy atom. The predicted molar refractivity (Wildman–Crippen MR) is 129 cm³/mol. The van der Waals surface area contributed by atoms with Crippen molar-refractivity contribution in [2.75, 3.05) is 11.9 Å². The molecule has 0 spiro atoms. The number of nitrogens with zero attached hydrogens (tertiary/aromatic N) is 2. The second kappa shape index (κ2) is 9.56. The summed E-state index contributed by atoms with van der Waals surface area (Å²) in [4.78, 5) is 24.7. The first-order chi connectivity index (χ1) is 16.1. The summed E-state index contributed by atoms with van der Waals surface area (Å²) in [5, 5.41) is 5.93. The van der Waals surface area contributed by atoms with Crippen molar-refractivity contribution in [2.45, 2.75) is 32.5 Å². The third-order valence-corrected chi connectivity index (χ3v) is 6.19. The van der Waals surface area contributed by atoms with E-state index in [0.717, 1.165) is 58.3 Å². The van der Waals surface area contributed by atoms with E-state index in [2.05, 4.69) is 20.3 Å². The normalized spacial score (nSPS) is 16.0. The van der Waals surface area contributed by atoms with Gasteiger partial charge in [-0.3, -0.25) is 4.79 Å². The molecular formula is C25H24N4O3S. The van der Waals surface area contributed by atoms with Gasteiger partial charge in [0.25, 0.3) is 0 Å². The molecule has 2 aromatic heterocycles. The van der Waals surface area contributed by atoms with Crippen LogP contribution in [0.15, 0.2) is 53.9 Å². The molecule has 1 atom stereocenters. The quantitative estimate of drug-likeness (QED) is 0.360. The first kappa shape index (κ1) is 21.4. The van der Waals surface area contributed by atoms with Crippen LogP contribution >= 0.6 is 11.3 Å². The number of hydrogen-bond acceptors (Lipinski definition) is 6. The molecule has 0 bridgehead atoms. The van der Waals surface area contributed by atoms with Crippen LogP contribution in [0.4, 0.5) is 5.69 Å². The number of rotatable bonds is 7. The lowest BCUT2D eigenvalue weighted by Crippen LogP contribution is -2.07. The van der Waals surface area contributed by atoms with Gasteiger partial charge in [0.2, 0.25) is 5.91 Å². The number of benzene rings is 2. The number of fused-ring (bicyclic) bond motifs is 1. The van der Waals surface area contributed by atoms with E-state index >= 15 is 0 Å². The van der Waals surface area contributed by atoms with Gasteiger partial charge in [-0.05, 0) is 61.7 Å². The van der Waals surface area contributed by atoms with Crippen molar-refractivity contribution in [3.63, 3.8) is 0 Å². The Bertz CT molecular complexity index is 1290. The van der Waals surface area contributed by atoms with E-state index in [-0.39, 0.29) is 12.0 Å². The monoisotopic (exact) mass is 460 g/mol. The molecule has 1 aliphatic rings. The predicted octanol–water partition coefficient (Wildman–Crippen LogP) is 5.41. The first-order valence-electron chi connectivity index (χ1n) is 10.9. The highest BCUT2D eigenvalue weighted by atomic mass is 32.1. The lowest BCUT2D eigenvalue weighted by Gasteiger charge is -2.04. The Hall–Kier alpha value is -3.49. The molecular weight excluding hydrogens is 436 g/mol. The highest BCUT2D eigenvalue weighted by Gasteiger charge is 2.21. The summed E-state index contributed by atoms with van der Waals surface area (Å²) in [6.07, 6.45) is 5.35. The number of carbonyl (C=O) groups is 1. The lowest BCUT2D eigenvalue weighted by molar-refractivity contribution is -0.111. The average Bonchev–Trinajstić information content (AvgIpc) is 3.57. The molecule has 168 valence electrons. The van der Waals surface area contributed by atoms with Crippen molar-refractivity contribution in [3.05, 3.63) is 76.0 Å². The molecule has 1 aliphatic heterocycles. The van der Waals surface area contributed by atoms with Gasteiger partial charge < -0.3 is 19.8 Å². The fourth-order valence-corrected chi connectivity index (χ4v) is 4.31. The van der Waals surface area contributed by atoms with Gasteiger partial charge in [-0.15, -0.1) is 11.3 Å². The molecule has 1 saturated heterocycles. The van der Waals surface area contributed by atoms with E-state index in [0.29, 0.717) is 12.3 Å². The van der Waals surface area contributed by atoms with Crippen molar-refractivity contribution in [1.29, 1.82) is 0 Å². The molecule has 0 radical (unpaired) electrons. The zero-order valence-corrected chi connectivity index (χ0v) is 19.0. The number of ether oxygens (including phenoxy) is 2. The van der Waals surface area contributed by atoms with Crippen molar-refractivity contribution >= 4 is 40.0 Å². The van der Waals surface area contributed by atoms with Crippen molar-refractivity contribution < 1.29 is 14.3 Å². The van der Waals surface area contributed by atoms with Crippen LogP contribution in [0.3, 0.4) is 0 Å². The molecule has 1 unspecified atom stereocenters. The lowest BCUT2D eigenvalue weighted by atomic mass is 10.2. The summed E-state index contributed by atoms with van der Waals surface area (Å²) in [6, 6.07) is 13.2. The van der Waals surface area contributed by atoms with Gasteiger partial charge in [0.15, 0.2) is 0 Å². The topological polar surface area (TPSA) is 89.1 Å². The molecule has 3 heterocycles. The second-order valence-electron chi connectivity index (χ2n) is 7.89. The van der Waals surface area contributed by atoms with Crippen LogP contribution in [-0.2, 0) is 16.1 Å². The molecule has 33 heavy (non-hydrogen) atoms. The number of anilines is 1. The van der Waals surface area contributed by atoms with E-state index < -0.39 is 0 Å². The summed E-state index contributed by atoms with van der Waals surface area (Å²) in [7, 11) is 0. The van der Waals surface area contributed by atoms with Gasteiger partial charge in [0, 0.05) is 23.8 Å². The zero-order valence-electron chi connectivity index (χ0n) is 18.2. The van der Waals surface area contributed by atoms with Crippen molar-refractivity contribution in [1.82, 2.24) is 15.0 Å². The minimum absolute atomic E-state index is 0.0339. The van der Waals surface area contributed by atoms with Gasteiger partial charge >= 0.3 is 0 Å². The van der Waals surface area contributed by atoms with Crippen LogP contribution in [0.5, 0.6) is 5.75 Å². The SMILES string of the molecule is Cc1nc(COc2ccc(/C=C/C(=O)Nc3ccc4nc(C5CCCO5)[nH]c4c3)cc2)cs1. The van der Waals surface area contributed by atoms with Crippen molar-refractivity contribution in [3.8, 4) is 5.75 Å². The van der Waals surface area contributed by atoms with E-state index in [1.807, 2.05) is 54.8 Å². The standard InChI is InChI=1S/C25H24N4O3S/c1-16-26-19(15-33-16)14-32-20-8-4-17(5-9-20)6-11-24(30)27-18-7-10-21-22(13-18)29-25(28-21)23-3-2-12-31-23/h4-11,13,15,23H,2-3,12,14H2,1H3,(H,27,30)(H,28,29)/b11-6+. The first-order valence-corrected chi connectivity index (χ1v) is 11.7. The van der Waals surface area contributed by atoms with E-state index in [1.54, 1.807) is 17.4 Å². The maximum absolute atomic E-state index is 12.4. The van der Waals surface area contributed by atoms with Crippen LogP contribution in [0.2, 0.25) is 0 Å². The number of hydrogen-bond donors (Lipinski definition) is 2. The molecule has 2 N–H and O–H groups in total. The Morgan fingerprint density at radius 3 is 2.91 bits per heavy atom. The van der Waals surface area contributed by atoms with E-state index in [9.17, 15) is 4.79 Å². The van der Waals surface area contributed by atoms with Gasteiger partial charge in [-0.2, -0.15) is 0 Å². The number of aromatic nitrogens is 3. The highest BCUT2D eigenvalue weighted by Crippen LogP contribution is 2.28. The number of aromatic amines is 1. The molecule has 7 nitrogen and oxygen atoms in total. The largest absolute Gasteiger partial charge is 0.487 e. The van der Waals surface area contributed by atoms with Gasteiger partial charge in [-0.25, -0.2) is 9.97 Å². The number of nitrogens with one attached hydrogen (secondary N) is 2. The summed E-state index contributed by atoms with van der Waals surface area (Å²) in [6.45, 7) is 3.19. The number of thiazole rings is 1. The molecule has 8 heteroatoms. The van der Waals surface area contributed by atoms with Crippen LogP contribution in [-0.4, -0.2) is 27.5 Å². The van der Waals surface area contributed by atoms with Gasteiger partial charge in [0.1, 0.15) is 24.3 Å². The maximum atomic E-state index is 12.4. The fraction of sp³-hybridized carbons (Fsp3) is 0.240. The maximum Gasteiger partial charge on any atom is 0.248 e. The van der Waals surface area contributed by atoms with E-state index in [4.69, 9.17) is 9.47 Å². The van der Waals surface area contributed by atoms with Crippen LogP contribution < -0.4 is 10.1 Å². The van der Waals surface area contributed by atoms with Crippen molar-refractivity contribution in [2.24, 2.45) is 0 Å². The Balaban J connectivity index is 1.17. The molecule has 5 rings (SSSR count). The number of H-pyrrole nitrogens is 1. The molecule has 0 saturated carbocycles. The summed E-state index contributed by atoms with van der Waals surface area (Å²) in [5.41, 5.74) is 4.29. The third-order valence-electron chi connectivity index (χ3n) is 5.36. The Morgan fingerprint density at radius 1 is 1.27 bits per heavy atom. The summed E-state index contributed by atoms with van der Waals surface area (Å²) >= 11 is 1.61. The number of carbonyl (C=O) groups excluding carboxylic acids is 1. The Kier molecular flexibility index (Phi) is 6.19. The second-order valence-corrected chi connectivity index (χ2v) is 8.96. The molecule has 1 fully saturated rings. The molecule has 1 amide bonds. The minimum atomic E-state index is -0.201. The Labute approximate surface area is 195 Å². The number of aryl methyl sites for hydroxylation is 1. The molecule has 0 aliphatic carbocycles.